The van der Waals surface area contributed by atoms with Gasteiger partial charge in [0.2, 0.25) is 5.91 Å². The van der Waals surface area contributed by atoms with Crippen LogP contribution in [0, 0.1) is 6.92 Å². The minimum atomic E-state index is -0.768. The standard InChI is InChI=1S/C16H23NO2/c1-12-7-3-4-8-14(12)13(2)17-15(18)11-16(19)9-5-6-10-16/h3-4,7-8,13,19H,5-6,9-11H2,1-2H3,(H,17,18). The van der Waals surface area contributed by atoms with Crippen molar-refractivity contribution in [2.75, 3.05) is 0 Å². The number of aliphatic hydroxyl groups is 1. The van der Waals surface area contributed by atoms with Crippen LogP contribution in [0.2, 0.25) is 0 Å². The van der Waals surface area contributed by atoms with E-state index < -0.39 is 5.60 Å². The molecule has 0 aromatic heterocycles. The molecule has 19 heavy (non-hydrogen) atoms. The van der Waals surface area contributed by atoms with Crippen LogP contribution in [0.3, 0.4) is 0 Å². The molecule has 1 amide bonds. The van der Waals surface area contributed by atoms with Gasteiger partial charge >= 0.3 is 0 Å². The summed E-state index contributed by atoms with van der Waals surface area (Å²) in [6, 6.07) is 8.04. The average Bonchev–Trinajstić information content (AvgIpc) is 2.75. The van der Waals surface area contributed by atoms with Gasteiger partial charge in [0.1, 0.15) is 0 Å². The molecule has 2 rings (SSSR count). The minimum absolute atomic E-state index is 0.0151. The molecule has 1 atom stereocenters. The van der Waals surface area contributed by atoms with Gasteiger partial charge in [-0.2, -0.15) is 0 Å². The summed E-state index contributed by atoms with van der Waals surface area (Å²) in [5.41, 5.74) is 1.54. The molecule has 2 N–H and O–H groups in total. The van der Waals surface area contributed by atoms with Crippen LogP contribution in [0.25, 0.3) is 0 Å². The number of rotatable bonds is 4. The van der Waals surface area contributed by atoms with E-state index in [1.165, 1.54) is 5.56 Å². The first-order valence-electron chi connectivity index (χ1n) is 7.07. The number of amides is 1. The van der Waals surface area contributed by atoms with Gasteiger partial charge in [-0.1, -0.05) is 37.1 Å². The van der Waals surface area contributed by atoms with Gasteiger partial charge in [0, 0.05) is 0 Å². The maximum absolute atomic E-state index is 12.0. The lowest BCUT2D eigenvalue weighted by Crippen LogP contribution is -2.35. The van der Waals surface area contributed by atoms with Crippen molar-refractivity contribution in [2.45, 2.75) is 57.6 Å². The molecule has 0 aliphatic heterocycles. The van der Waals surface area contributed by atoms with E-state index in [1.807, 2.05) is 38.1 Å². The van der Waals surface area contributed by atoms with E-state index in [0.29, 0.717) is 0 Å². The highest BCUT2D eigenvalue weighted by Gasteiger charge is 2.33. The van der Waals surface area contributed by atoms with Crippen molar-refractivity contribution in [2.24, 2.45) is 0 Å². The van der Waals surface area contributed by atoms with Crippen molar-refractivity contribution in [3.8, 4) is 0 Å². The van der Waals surface area contributed by atoms with Crippen molar-refractivity contribution >= 4 is 5.91 Å². The van der Waals surface area contributed by atoms with Crippen LogP contribution in [-0.2, 0) is 4.79 Å². The number of benzene rings is 1. The van der Waals surface area contributed by atoms with Gasteiger partial charge in [0.15, 0.2) is 0 Å². The number of hydrogen-bond acceptors (Lipinski definition) is 2. The van der Waals surface area contributed by atoms with Gasteiger partial charge in [-0.3, -0.25) is 4.79 Å². The number of carbonyl (C=O) groups is 1. The van der Waals surface area contributed by atoms with Crippen LogP contribution in [0.4, 0.5) is 0 Å². The van der Waals surface area contributed by atoms with E-state index in [0.717, 1.165) is 31.2 Å². The van der Waals surface area contributed by atoms with E-state index >= 15 is 0 Å². The highest BCUT2D eigenvalue weighted by atomic mass is 16.3. The lowest BCUT2D eigenvalue weighted by Gasteiger charge is -2.23. The second kappa shape index (κ2) is 5.74. The van der Waals surface area contributed by atoms with Crippen LogP contribution in [0.1, 0.15) is 56.2 Å². The molecule has 1 aliphatic carbocycles. The number of nitrogens with one attached hydrogen (secondary N) is 1. The van der Waals surface area contributed by atoms with E-state index in [-0.39, 0.29) is 18.4 Å². The predicted molar refractivity (Wildman–Crippen MR) is 75.8 cm³/mol. The molecular formula is C16H23NO2. The Morgan fingerprint density at radius 2 is 2.00 bits per heavy atom. The molecule has 0 spiro atoms. The summed E-state index contributed by atoms with van der Waals surface area (Å²) in [6.45, 7) is 4.03. The fraction of sp³-hybridized carbons (Fsp3) is 0.562. The largest absolute Gasteiger partial charge is 0.389 e. The third-order valence-corrected chi connectivity index (χ3v) is 4.06. The van der Waals surface area contributed by atoms with Crippen LogP contribution < -0.4 is 5.32 Å². The summed E-state index contributed by atoms with van der Waals surface area (Å²) in [7, 11) is 0. The van der Waals surface area contributed by atoms with Gasteiger partial charge < -0.3 is 10.4 Å². The SMILES string of the molecule is Cc1ccccc1C(C)NC(=O)CC1(O)CCCC1. The maximum atomic E-state index is 12.0. The Balaban J connectivity index is 1.94. The molecule has 0 bridgehead atoms. The molecule has 3 nitrogen and oxygen atoms in total. The molecule has 1 aromatic carbocycles. The fourth-order valence-corrected chi connectivity index (χ4v) is 2.95. The maximum Gasteiger partial charge on any atom is 0.223 e. The summed E-state index contributed by atoms with van der Waals surface area (Å²) in [4.78, 5) is 12.0. The van der Waals surface area contributed by atoms with Crippen molar-refractivity contribution in [1.29, 1.82) is 0 Å². The van der Waals surface area contributed by atoms with Gasteiger partial charge in [0.25, 0.3) is 0 Å². The van der Waals surface area contributed by atoms with Crippen LogP contribution in [0.15, 0.2) is 24.3 Å². The molecule has 0 radical (unpaired) electrons. The minimum Gasteiger partial charge on any atom is -0.389 e. The van der Waals surface area contributed by atoms with Gasteiger partial charge in [-0.15, -0.1) is 0 Å². The highest BCUT2D eigenvalue weighted by molar-refractivity contribution is 5.77. The Kier molecular flexibility index (Phi) is 4.25. The quantitative estimate of drug-likeness (QED) is 0.875. The summed E-state index contributed by atoms with van der Waals surface area (Å²) in [6.07, 6.45) is 3.77. The first-order chi connectivity index (χ1) is 9.00. The zero-order chi connectivity index (χ0) is 13.9. The molecule has 0 saturated heterocycles. The molecule has 1 aromatic rings. The van der Waals surface area contributed by atoms with Crippen molar-refractivity contribution in [3.63, 3.8) is 0 Å². The first kappa shape index (κ1) is 14.1. The molecule has 0 heterocycles. The van der Waals surface area contributed by atoms with Gasteiger partial charge in [0.05, 0.1) is 18.1 Å². The number of hydrogen-bond donors (Lipinski definition) is 2. The summed E-state index contributed by atoms with van der Waals surface area (Å²) < 4.78 is 0. The predicted octanol–water partition coefficient (Wildman–Crippen LogP) is 2.87. The van der Waals surface area contributed by atoms with E-state index in [9.17, 15) is 9.90 Å². The Hall–Kier alpha value is -1.35. The van der Waals surface area contributed by atoms with Crippen molar-refractivity contribution in [3.05, 3.63) is 35.4 Å². The van der Waals surface area contributed by atoms with E-state index in [2.05, 4.69) is 5.32 Å². The average molecular weight is 261 g/mol. The van der Waals surface area contributed by atoms with Gasteiger partial charge in [-0.25, -0.2) is 0 Å². The number of carbonyl (C=O) groups excluding carboxylic acids is 1. The normalized spacial score (nSPS) is 19.1. The van der Waals surface area contributed by atoms with Crippen LogP contribution in [0.5, 0.6) is 0 Å². The molecule has 1 saturated carbocycles. The lowest BCUT2D eigenvalue weighted by molar-refractivity contribution is -0.126. The Bertz CT molecular complexity index is 450. The molecule has 3 heteroatoms. The second-order valence-corrected chi connectivity index (χ2v) is 5.75. The van der Waals surface area contributed by atoms with Gasteiger partial charge in [-0.05, 0) is 37.8 Å². The second-order valence-electron chi connectivity index (χ2n) is 5.75. The Morgan fingerprint density at radius 3 is 2.63 bits per heavy atom. The summed E-state index contributed by atoms with van der Waals surface area (Å²) >= 11 is 0. The summed E-state index contributed by atoms with van der Waals surface area (Å²) in [5.74, 6) is -0.0554. The summed E-state index contributed by atoms with van der Waals surface area (Å²) in [5, 5.41) is 13.2. The molecule has 1 aliphatic rings. The monoisotopic (exact) mass is 261 g/mol. The smallest absolute Gasteiger partial charge is 0.223 e. The van der Waals surface area contributed by atoms with E-state index in [1.54, 1.807) is 0 Å². The Labute approximate surface area is 115 Å². The van der Waals surface area contributed by atoms with Crippen molar-refractivity contribution < 1.29 is 9.90 Å². The molecule has 1 unspecified atom stereocenters. The lowest BCUT2D eigenvalue weighted by atomic mass is 9.96. The van der Waals surface area contributed by atoms with E-state index in [4.69, 9.17) is 0 Å². The van der Waals surface area contributed by atoms with Crippen LogP contribution >= 0.6 is 0 Å². The zero-order valence-corrected chi connectivity index (χ0v) is 11.8. The third-order valence-electron chi connectivity index (χ3n) is 4.06. The molecule has 104 valence electrons. The van der Waals surface area contributed by atoms with Crippen LogP contribution in [-0.4, -0.2) is 16.6 Å². The third kappa shape index (κ3) is 3.57. The molecule has 1 fully saturated rings. The van der Waals surface area contributed by atoms with Crippen molar-refractivity contribution in [1.82, 2.24) is 5.32 Å². The Morgan fingerprint density at radius 1 is 1.37 bits per heavy atom. The molecular weight excluding hydrogens is 238 g/mol. The highest BCUT2D eigenvalue weighted by Crippen LogP contribution is 2.32. The topological polar surface area (TPSA) is 49.3 Å². The first-order valence-corrected chi connectivity index (χ1v) is 7.07. The zero-order valence-electron chi connectivity index (χ0n) is 11.8. The fourth-order valence-electron chi connectivity index (χ4n) is 2.95. The number of aryl methyl sites for hydroxylation is 1.